The molecule has 0 amide bonds. The zero-order valence-corrected chi connectivity index (χ0v) is 19.9. The van der Waals surface area contributed by atoms with Gasteiger partial charge in [0.05, 0.1) is 5.52 Å². The largest absolute Gasteiger partial charge is 0.354 e. The van der Waals surface area contributed by atoms with Gasteiger partial charge in [-0.05, 0) is 60.2 Å². The third-order valence-electron chi connectivity index (χ3n) is 6.89. The number of hydrogen-bond acceptors (Lipinski definition) is 0. The number of aromatic amines is 1. The number of halogens is 1. The summed E-state index contributed by atoms with van der Waals surface area (Å²) < 4.78 is 1.15. The van der Waals surface area contributed by atoms with Crippen molar-refractivity contribution in [3.8, 4) is 22.3 Å². The first-order chi connectivity index (χ1) is 16.8. The van der Waals surface area contributed by atoms with Gasteiger partial charge >= 0.3 is 0 Å². The highest BCUT2D eigenvalue weighted by Gasteiger charge is 2.18. The Kier molecular flexibility index (Phi) is 4.36. The van der Waals surface area contributed by atoms with Gasteiger partial charge in [0.25, 0.3) is 0 Å². The standard InChI is InChI=1S/C32H20BrN/c33-31-25-15-5-3-13-23(25)30(24-14-4-6-16-26(24)31)22-12-2-1-10-20(22)27-17-9-18-28-21-11-7-8-19-29(21)34-32(27)28/h1-19,34H. The van der Waals surface area contributed by atoms with Gasteiger partial charge in [0.1, 0.15) is 0 Å². The van der Waals surface area contributed by atoms with Gasteiger partial charge in [-0.15, -0.1) is 0 Å². The molecule has 6 aromatic carbocycles. The van der Waals surface area contributed by atoms with Crippen molar-refractivity contribution >= 4 is 59.3 Å². The minimum atomic E-state index is 1.15. The van der Waals surface area contributed by atoms with E-state index in [9.17, 15) is 0 Å². The molecule has 0 bridgehead atoms. The first kappa shape index (κ1) is 19.6. The van der Waals surface area contributed by atoms with E-state index in [2.05, 4.69) is 136 Å². The molecule has 0 spiro atoms. The van der Waals surface area contributed by atoms with Crippen LogP contribution in [0.2, 0.25) is 0 Å². The predicted octanol–water partition coefficient (Wildman–Crippen LogP) is 9.72. The van der Waals surface area contributed by atoms with Crippen LogP contribution >= 0.6 is 15.9 Å². The van der Waals surface area contributed by atoms with Crippen molar-refractivity contribution in [2.75, 3.05) is 0 Å². The maximum Gasteiger partial charge on any atom is 0.0544 e. The quantitative estimate of drug-likeness (QED) is 0.228. The van der Waals surface area contributed by atoms with Crippen molar-refractivity contribution in [2.24, 2.45) is 0 Å². The minimum absolute atomic E-state index is 1.15. The fourth-order valence-corrected chi connectivity index (χ4v) is 6.09. The topological polar surface area (TPSA) is 15.8 Å². The van der Waals surface area contributed by atoms with Gasteiger partial charge in [-0.3, -0.25) is 0 Å². The van der Waals surface area contributed by atoms with Crippen molar-refractivity contribution < 1.29 is 0 Å². The van der Waals surface area contributed by atoms with Crippen LogP contribution < -0.4 is 0 Å². The van der Waals surface area contributed by atoms with Gasteiger partial charge in [0.2, 0.25) is 0 Å². The van der Waals surface area contributed by atoms with Crippen molar-refractivity contribution in [3.05, 3.63) is 120 Å². The summed E-state index contributed by atoms with van der Waals surface area (Å²) in [6, 6.07) is 41.4. The summed E-state index contributed by atoms with van der Waals surface area (Å²) in [5, 5.41) is 7.49. The summed E-state index contributed by atoms with van der Waals surface area (Å²) in [6.07, 6.45) is 0. The van der Waals surface area contributed by atoms with E-state index in [0.717, 1.165) is 4.47 Å². The van der Waals surface area contributed by atoms with Gasteiger partial charge in [-0.1, -0.05) is 109 Å². The predicted molar refractivity (Wildman–Crippen MR) is 149 cm³/mol. The molecule has 1 N–H and O–H groups in total. The molecule has 7 rings (SSSR count). The van der Waals surface area contributed by atoms with Gasteiger partial charge in [0, 0.05) is 26.3 Å². The molecule has 0 saturated heterocycles. The molecule has 7 aromatic rings. The van der Waals surface area contributed by atoms with E-state index in [1.807, 2.05) is 0 Å². The number of nitrogens with one attached hydrogen (secondary N) is 1. The number of hydrogen-bond donors (Lipinski definition) is 1. The average molecular weight is 498 g/mol. The highest BCUT2D eigenvalue weighted by molar-refractivity contribution is 9.10. The Hall–Kier alpha value is -3.88. The number of aromatic nitrogens is 1. The van der Waals surface area contributed by atoms with E-state index < -0.39 is 0 Å². The van der Waals surface area contributed by atoms with E-state index in [1.54, 1.807) is 0 Å². The number of benzene rings is 6. The summed E-state index contributed by atoms with van der Waals surface area (Å²) in [5.41, 5.74) is 7.33. The summed E-state index contributed by atoms with van der Waals surface area (Å²) in [7, 11) is 0. The van der Waals surface area contributed by atoms with Gasteiger partial charge in [0.15, 0.2) is 0 Å². The van der Waals surface area contributed by atoms with E-state index in [-0.39, 0.29) is 0 Å². The highest BCUT2D eigenvalue weighted by Crippen LogP contribution is 2.45. The van der Waals surface area contributed by atoms with Crippen LogP contribution in [0.25, 0.3) is 65.6 Å². The first-order valence-corrected chi connectivity index (χ1v) is 12.3. The van der Waals surface area contributed by atoms with E-state index >= 15 is 0 Å². The maximum atomic E-state index is 3.90. The molecule has 0 unspecified atom stereocenters. The highest BCUT2D eigenvalue weighted by atomic mass is 79.9. The molecule has 0 atom stereocenters. The SMILES string of the molecule is Brc1c2ccccc2c(-c2ccccc2-c2cccc3c2[nH]c2ccccc23)c2ccccc12. The summed E-state index contributed by atoms with van der Waals surface area (Å²) in [5.74, 6) is 0. The summed E-state index contributed by atoms with van der Waals surface area (Å²) in [4.78, 5) is 3.70. The molecule has 1 heterocycles. The van der Waals surface area contributed by atoms with Crippen LogP contribution in [0.5, 0.6) is 0 Å². The van der Waals surface area contributed by atoms with Crippen LogP contribution in [0.1, 0.15) is 0 Å². The number of para-hydroxylation sites is 2. The molecule has 1 aromatic heterocycles. The molecule has 0 radical (unpaired) electrons. The second-order valence-electron chi connectivity index (χ2n) is 8.72. The number of rotatable bonds is 2. The molecule has 34 heavy (non-hydrogen) atoms. The maximum absolute atomic E-state index is 3.90. The number of fused-ring (bicyclic) bond motifs is 5. The molecular weight excluding hydrogens is 478 g/mol. The molecule has 0 aliphatic carbocycles. The lowest BCUT2D eigenvalue weighted by atomic mass is 9.87. The number of H-pyrrole nitrogens is 1. The lowest BCUT2D eigenvalue weighted by molar-refractivity contribution is 1.53. The summed E-state index contributed by atoms with van der Waals surface area (Å²) in [6.45, 7) is 0. The Morgan fingerprint density at radius 2 is 0.912 bits per heavy atom. The molecule has 2 heteroatoms. The van der Waals surface area contributed by atoms with Crippen molar-refractivity contribution in [2.45, 2.75) is 0 Å². The lowest BCUT2D eigenvalue weighted by Gasteiger charge is -2.17. The molecule has 160 valence electrons. The van der Waals surface area contributed by atoms with E-state index in [4.69, 9.17) is 0 Å². The Morgan fingerprint density at radius 3 is 1.62 bits per heavy atom. The van der Waals surface area contributed by atoms with Crippen LogP contribution in [0.15, 0.2) is 120 Å². The zero-order chi connectivity index (χ0) is 22.6. The Labute approximate surface area is 205 Å². The Bertz CT molecular complexity index is 1820. The van der Waals surface area contributed by atoms with Gasteiger partial charge < -0.3 is 4.98 Å². The summed E-state index contributed by atoms with van der Waals surface area (Å²) >= 11 is 3.90. The van der Waals surface area contributed by atoms with Gasteiger partial charge in [-0.2, -0.15) is 0 Å². The average Bonchev–Trinajstić information content (AvgIpc) is 3.28. The molecule has 1 nitrogen and oxygen atoms in total. The molecule has 0 aliphatic rings. The van der Waals surface area contributed by atoms with Gasteiger partial charge in [-0.25, -0.2) is 0 Å². The second kappa shape index (κ2) is 7.58. The molecule has 0 saturated carbocycles. The van der Waals surface area contributed by atoms with Crippen LogP contribution in [0, 0.1) is 0 Å². The van der Waals surface area contributed by atoms with Crippen LogP contribution in [0.3, 0.4) is 0 Å². The fraction of sp³-hybridized carbons (Fsp3) is 0. The van der Waals surface area contributed by atoms with Crippen LogP contribution in [-0.2, 0) is 0 Å². The fourth-order valence-electron chi connectivity index (χ4n) is 5.40. The third-order valence-corrected chi connectivity index (χ3v) is 7.75. The minimum Gasteiger partial charge on any atom is -0.354 e. The first-order valence-electron chi connectivity index (χ1n) is 11.5. The molecular formula is C32H20BrN. The smallest absolute Gasteiger partial charge is 0.0544 e. The monoisotopic (exact) mass is 497 g/mol. The lowest BCUT2D eigenvalue weighted by Crippen LogP contribution is -1.91. The third kappa shape index (κ3) is 2.79. The van der Waals surface area contributed by atoms with Crippen molar-refractivity contribution in [3.63, 3.8) is 0 Å². The Morgan fingerprint density at radius 1 is 0.412 bits per heavy atom. The Balaban J connectivity index is 1.62. The second-order valence-corrected chi connectivity index (χ2v) is 9.52. The van der Waals surface area contributed by atoms with Crippen LogP contribution in [-0.4, -0.2) is 4.98 Å². The molecule has 0 fully saturated rings. The van der Waals surface area contributed by atoms with E-state index in [1.165, 1.54) is 65.6 Å². The van der Waals surface area contributed by atoms with Crippen LogP contribution in [0.4, 0.5) is 0 Å². The normalized spacial score (nSPS) is 11.7. The zero-order valence-electron chi connectivity index (χ0n) is 18.3. The van der Waals surface area contributed by atoms with Crippen molar-refractivity contribution in [1.82, 2.24) is 4.98 Å². The molecule has 0 aliphatic heterocycles. The van der Waals surface area contributed by atoms with E-state index in [0.29, 0.717) is 0 Å². The van der Waals surface area contributed by atoms with Crippen molar-refractivity contribution in [1.29, 1.82) is 0 Å².